The topological polar surface area (TPSA) is 79.8 Å². The monoisotopic (exact) mass is 420 g/mol. The molecular weight excluding hydrogens is 392 g/mol. The van der Waals surface area contributed by atoms with Gasteiger partial charge in [-0.2, -0.15) is 0 Å². The van der Waals surface area contributed by atoms with Gasteiger partial charge in [0.15, 0.2) is 18.1 Å². The van der Waals surface area contributed by atoms with E-state index < -0.39 is 6.10 Å². The Kier molecular flexibility index (Phi) is 8.04. The van der Waals surface area contributed by atoms with Crippen molar-refractivity contribution in [3.8, 4) is 11.5 Å². The predicted molar refractivity (Wildman–Crippen MR) is 121 cm³/mol. The van der Waals surface area contributed by atoms with Crippen molar-refractivity contribution in [2.45, 2.75) is 19.6 Å². The zero-order valence-electron chi connectivity index (χ0n) is 17.8. The lowest BCUT2D eigenvalue weighted by molar-refractivity contribution is -0.118. The molecule has 3 N–H and O–H groups in total. The minimum absolute atomic E-state index is 0.145. The van der Waals surface area contributed by atoms with Gasteiger partial charge in [-0.15, -0.1) is 0 Å². The van der Waals surface area contributed by atoms with Crippen molar-refractivity contribution in [3.05, 3.63) is 89.5 Å². The molecule has 31 heavy (non-hydrogen) atoms. The van der Waals surface area contributed by atoms with E-state index in [2.05, 4.69) is 10.6 Å². The van der Waals surface area contributed by atoms with Crippen LogP contribution in [0, 0.1) is 6.92 Å². The molecule has 3 rings (SSSR count). The SMILES string of the molecule is COc1cccc(CNCC(O)c2ccccc2)c1OCC(=O)Nc1ccc(C)cc1. The quantitative estimate of drug-likeness (QED) is 0.464. The van der Waals surface area contributed by atoms with Crippen LogP contribution in [0.5, 0.6) is 11.5 Å². The lowest BCUT2D eigenvalue weighted by atomic mass is 10.1. The van der Waals surface area contributed by atoms with Gasteiger partial charge in [0.05, 0.1) is 13.2 Å². The third kappa shape index (κ3) is 6.57. The number of aryl methyl sites for hydroxylation is 1. The van der Waals surface area contributed by atoms with Gasteiger partial charge in [-0.3, -0.25) is 4.79 Å². The average Bonchev–Trinajstić information content (AvgIpc) is 2.80. The van der Waals surface area contributed by atoms with E-state index in [1.807, 2.05) is 73.7 Å². The molecule has 0 spiro atoms. The Hall–Kier alpha value is -3.35. The smallest absolute Gasteiger partial charge is 0.262 e. The molecule has 0 heterocycles. The molecular formula is C25H28N2O4. The molecule has 0 bridgehead atoms. The van der Waals surface area contributed by atoms with Crippen LogP contribution in [0.4, 0.5) is 5.69 Å². The number of carbonyl (C=O) groups is 1. The summed E-state index contributed by atoms with van der Waals surface area (Å²) in [7, 11) is 1.56. The molecule has 0 saturated heterocycles. The van der Waals surface area contributed by atoms with E-state index in [1.165, 1.54) is 0 Å². The summed E-state index contributed by atoms with van der Waals surface area (Å²) in [5, 5.41) is 16.4. The number of rotatable bonds is 10. The van der Waals surface area contributed by atoms with Crippen molar-refractivity contribution in [2.75, 3.05) is 25.6 Å². The normalized spacial score (nSPS) is 11.6. The Labute approximate surface area is 182 Å². The summed E-state index contributed by atoms with van der Waals surface area (Å²) in [4.78, 5) is 12.3. The van der Waals surface area contributed by atoms with Gasteiger partial charge >= 0.3 is 0 Å². The van der Waals surface area contributed by atoms with E-state index in [9.17, 15) is 9.90 Å². The highest BCUT2D eigenvalue weighted by molar-refractivity contribution is 5.91. The zero-order valence-corrected chi connectivity index (χ0v) is 17.8. The Morgan fingerprint density at radius 1 is 1.00 bits per heavy atom. The number of methoxy groups -OCH3 is 1. The number of hydrogen-bond acceptors (Lipinski definition) is 5. The molecule has 0 aliphatic rings. The summed E-state index contributed by atoms with van der Waals surface area (Å²) in [6.07, 6.45) is -0.614. The fourth-order valence-electron chi connectivity index (χ4n) is 3.13. The average molecular weight is 421 g/mol. The second-order valence-corrected chi connectivity index (χ2v) is 7.21. The number of ether oxygens (including phenoxy) is 2. The largest absolute Gasteiger partial charge is 0.493 e. The molecule has 6 nitrogen and oxygen atoms in total. The van der Waals surface area contributed by atoms with E-state index in [4.69, 9.17) is 9.47 Å². The van der Waals surface area contributed by atoms with Crippen molar-refractivity contribution in [2.24, 2.45) is 0 Å². The summed E-state index contributed by atoms with van der Waals surface area (Å²) in [6.45, 7) is 2.68. The van der Waals surface area contributed by atoms with Gasteiger partial charge in [0, 0.05) is 24.3 Å². The van der Waals surface area contributed by atoms with E-state index in [0.717, 1.165) is 22.4 Å². The van der Waals surface area contributed by atoms with Crippen molar-refractivity contribution < 1.29 is 19.4 Å². The van der Waals surface area contributed by atoms with Crippen LogP contribution in [-0.4, -0.2) is 31.3 Å². The highest BCUT2D eigenvalue weighted by atomic mass is 16.5. The molecule has 1 atom stereocenters. The maximum absolute atomic E-state index is 12.3. The number of amides is 1. The fraction of sp³-hybridized carbons (Fsp3) is 0.240. The van der Waals surface area contributed by atoms with Crippen LogP contribution in [0.1, 0.15) is 22.8 Å². The molecule has 1 amide bonds. The van der Waals surface area contributed by atoms with Gasteiger partial charge < -0.3 is 25.2 Å². The molecule has 3 aromatic rings. The number of benzene rings is 3. The minimum atomic E-state index is -0.614. The zero-order chi connectivity index (χ0) is 22.1. The van der Waals surface area contributed by atoms with E-state index in [1.54, 1.807) is 13.2 Å². The third-order valence-electron chi connectivity index (χ3n) is 4.80. The van der Waals surface area contributed by atoms with E-state index >= 15 is 0 Å². The Morgan fingerprint density at radius 2 is 1.74 bits per heavy atom. The Balaban J connectivity index is 1.59. The molecule has 1 unspecified atom stereocenters. The Bertz CT molecular complexity index is 975. The summed E-state index contributed by atoms with van der Waals surface area (Å²) >= 11 is 0. The number of anilines is 1. The van der Waals surface area contributed by atoms with Crippen molar-refractivity contribution in [3.63, 3.8) is 0 Å². The van der Waals surface area contributed by atoms with Gasteiger partial charge in [-0.1, -0.05) is 60.2 Å². The molecule has 0 radical (unpaired) electrons. The molecule has 0 aliphatic heterocycles. The summed E-state index contributed by atoms with van der Waals surface area (Å²) < 4.78 is 11.2. The third-order valence-corrected chi connectivity index (χ3v) is 4.80. The number of hydrogen-bond donors (Lipinski definition) is 3. The number of para-hydroxylation sites is 1. The second kappa shape index (κ2) is 11.2. The first-order valence-corrected chi connectivity index (χ1v) is 10.2. The first kappa shape index (κ1) is 22.3. The number of aliphatic hydroxyl groups excluding tert-OH is 1. The van der Waals surface area contributed by atoms with Gasteiger partial charge in [-0.05, 0) is 30.7 Å². The van der Waals surface area contributed by atoms with Gasteiger partial charge in [0.25, 0.3) is 5.91 Å². The van der Waals surface area contributed by atoms with Crippen molar-refractivity contribution >= 4 is 11.6 Å². The van der Waals surface area contributed by atoms with Gasteiger partial charge in [0.1, 0.15) is 0 Å². The standard InChI is InChI=1S/C25H28N2O4/c1-18-11-13-21(14-12-18)27-24(29)17-31-25-20(9-6-10-23(25)30-2)15-26-16-22(28)19-7-4-3-5-8-19/h3-14,22,26,28H,15-17H2,1-2H3,(H,27,29). The van der Waals surface area contributed by atoms with E-state index in [-0.39, 0.29) is 12.5 Å². The summed E-state index contributed by atoms with van der Waals surface area (Å²) in [5.41, 5.74) is 3.53. The first-order valence-electron chi connectivity index (χ1n) is 10.2. The van der Waals surface area contributed by atoms with Crippen LogP contribution in [0.2, 0.25) is 0 Å². The minimum Gasteiger partial charge on any atom is -0.493 e. The van der Waals surface area contributed by atoms with Gasteiger partial charge in [0.2, 0.25) is 0 Å². The number of carbonyl (C=O) groups excluding carboxylic acids is 1. The molecule has 0 fully saturated rings. The lowest BCUT2D eigenvalue weighted by Gasteiger charge is -2.17. The number of aliphatic hydroxyl groups is 1. The van der Waals surface area contributed by atoms with Gasteiger partial charge in [-0.25, -0.2) is 0 Å². The molecule has 0 aromatic heterocycles. The fourth-order valence-corrected chi connectivity index (χ4v) is 3.13. The Morgan fingerprint density at radius 3 is 2.45 bits per heavy atom. The van der Waals surface area contributed by atoms with E-state index in [0.29, 0.717) is 24.6 Å². The van der Waals surface area contributed by atoms with Crippen LogP contribution in [-0.2, 0) is 11.3 Å². The highest BCUT2D eigenvalue weighted by Gasteiger charge is 2.14. The van der Waals surface area contributed by atoms with Crippen LogP contribution in [0.25, 0.3) is 0 Å². The predicted octanol–water partition coefficient (Wildman–Crippen LogP) is 3.84. The first-order chi connectivity index (χ1) is 15.1. The summed E-state index contributed by atoms with van der Waals surface area (Å²) in [5.74, 6) is 0.796. The van der Waals surface area contributed by atoms with Crippen molar-refractivity contribution in [1.82, 2.24) is 5.32 Å². The second-order valence-electron chi connectivity index (χ2n) is 7.21. The summed E-state index contributed by atoms with van der Waals surface area (Å²) in [6, 6.07) is 22.6. The van der Waals surface area contributed by atoms with Crippen LogP contribution >= 0.6 is 0 Å². The molecule has 6 heteroatoms. The molecule has 162 valence electrons. The maximum atomic E-state index is 12.3. The highest BCUT2D eigenvalue weighted by Crippen LogP contribution is 2.31. The van der Waals surface area contributed by atoms with Crippen LogP contribution in [0.3, 0.4) is 0 Å². The molecule has 0 saturated carbocycles. The molecule has 0 aliphatic carbocycles. The molecule has 3 aromatic carbocycles. The van der Waals surface area contributed by atoms with Crippen molar-refractivity contribution in [1.29, 1.82) is 0 Å². The van der Waals surface area contributed by atoms with Crippen LogP contribution in [0.15, 0.2) is 72.8 Å². The maximum Gasteiger partial charge on any atom is 0.262 e. The number of nitrogens with one attached hydrogen (secondary N) is 2. The van der Waals surface area contributed by atoms with Crippen LogP contribution < -0.4 is 20.1 Å². The lowest BCUT2D eigenvalue weighted by Crippen LogP contribution is -2.23.